The first-order valence-corrected chi connectivity index (χ1v) is 10.9. The number of carbonyl (C=O) groups excluding carboxylic acids is 1. The smallest absolute Gasteiger partial charge is 0.227 e. The first-order valence-electron chi connectivity index (χ1n) is 10.9. The van der Waals surface area contributed by atoms with Crippen molar-refractivity contribution in [1.82, 2.24) is 15.6 Å². The van der Waals surface area contributed by atoms with Gasteiger partial charge in [-0.25, -0.2) is 4.98 Å². The first-order chi connectivity index (χ1) is 15.0. The lowest BCUT2D eigenvalue weighted by molar-refractivity contribution is -0.116. The van der Waals surface area contributed by atoms with Crippen LogP contribution in [0.4, 0.5) is 5.82 Å². The lowest BCUT2D eigenvalue weighted by atomic mass is 9.89. The highest BCUT2D eigenvalue weighted by atomic mass is 127. The first kappa shape index (κ1) is 26.1. The lowest BCUT2D eigenvalue weighted by Gasteiger charge is -2.32. The average Bonchev–Trinajstić information content (AvgIpc) is 2.77. The van der Waals surface area contributed by atoms with Gasteiger partial charge in [0, 0.05) is 44.8 Å². The molecule has 1 aliphatic heterocycles. The molecule has 1 aliphatic rings. The molecule has 1 saturated heterocycles. The summed E-state index contributed by atoms with van der Waals surface area (Å²) in [4.78, 5) is 20.7. The molecule has 1 aromatic heterocycles. The van der Waals surface area contributed by atoms with Gasteiger partial charge >= 0.3 is 0 Å². The van der Waals surface area contributed by atoms with Crippen molar-refractivity contribution >= 4 is 41.7 Å². The number of guanidine groups is 1. The minimum absolute atomic E-state index is 0. The number of aryl methyl sites for hydroxylation is 2. The predicted octanol–water partition coefficient (Wildman–Crippen LogP) is 3.98. The molecule has 0 spiro atoms. The number of amides is 1. The molecule has 2 aromatic rings. The molecule has 7 nitrogen and oxygen atoms in total. The summed E-state index contributed by atoms with van der Waals surface area (Å²) in [5.41, 5.74) is 3.35. The Morgan fingerprint density at radius 2 is 1.94 bits per heavy atom. The van der Waals surface area contributed by atoms with E-state index in [0.29, 0.717) is 30.7 Å². The Morgan fingerprint density at radius 1 is 1.16 bits per heavy atom. The van der Waals surface area contributed by atoms with E-state index in [1.807, 2.05) is 19.1 Å². The van der Waals surface area contributed by atoms with E-state index in [0.717, 1.165) is 31.7 Å². The van der Waals surface area contributed by atoms with E-state index in [1.165, 1.54) is 11.1 Å². The number of halogens is 1. The zero-order chi connectivity index (χ0) is 22.1. The number of nitrogens with one attached hydrogen (secondary N) is 3. The van der Waals surface area contributed by atoms with Crippen LogP contribution in [0, 0.1) is 19.8 Å². The third kappa shape index (κ3) is 8.05. The van der Waals surface area contributed by atoms with Crippen LogP contribution in [0.25, 0.3) is 0 Å². The standard InChI is InChI=1S/C24H33N5O2.HI/c1-17-9-11-19(12-10-17)23-20(7-5-15-31-23)16-27-24(25-3)26-14-13-22(30)29-21-8-4-6-18(2)28-21;/h4,6,8-12,20,23H,5,7,13-16H2,1-3H3,(H2,25,26,27)(H,28,29,30);1H. The number of pyridine rings is 1. The van der Waals surface area contributed by atoms with Crippen molar-refractivity contribution in [2.75, 3.05) is 32.1 Å². The number of benzene rings is 1. The number of hydrogen-bond acceptors (Lipinski definition) is 4. The average molecular weight is 551 g/mol. The molecule has 1 fully saturated rings. The molecule has 3 N–H and O–H groups in total. The highest BCUT2D eigenvalue weighted by molar-refractivity contribution is 14.0. The van der Waals surface area contributed by atoms with Crippen molar-refractivity contribution in [2.24, 2.45) is 10.9 Å². The van der Waals surface area contributed by atoms with Crippen LogP contribution in [-0.2, 0) is 9.53 Å². The van der Waals surface area contributed by atoms with Crippen LogP contribution in [0.1, 0.15) is 42.2 Å². The van der Waals surface area contributed by atoms with Gasteiger partial charge < -0.3 is 20.7 Å². The Morgan fingerprint density at radius 3 is 2.66 bits per heavy atom. The Hall–Kier alpha value is -2.20. The molecule has 32 heavy (non-hydrogen) atoms. The summed E-state index contributed by atoms with van der Waals surface area (Å²) in [6, 6.07) is 14.1. The van der Waals surface area contributed by atoms with E-state index in [9.17, 15) is 4.79 Å². The van der Waals surface area contributed by atoms with Crippen molar-refractivity contribution < 1.29 is 9.53 Å². The van der Waals surface area contributed by atoms with Gasteiger partial charge in [-0.2, -0.15) is 0 Å². The van der Waals surface area contributed by atoms with E-state index in [-0.39, 0.29) is 36.0 Å². The molecule has 0 saturated carbocycles. The SMILES string of the molecule is CN=C(NCCC(=O)Nc1cccc(C)n1)NCC1CCCOC1c1ccc(C)cc1.I. The number of anilines is 1. The summed E-state index contributed by atoms with van der Waals surface area (Å²) in [5.74, 6) is 1.55. The van der Waals surface area contributed by atoms with E-state index in [4.69, 9.17) is 4.74 Å². The molecule has 1 aromatic carbocycles. The Labute approximate surface area is 207 Å². The van der Waals surface area contributed by atoms with Crippen LogP contribution >= 0.6 is 24.0 Å². The summed E-state index contributed by atoms with van der Waals surface area (Å²) in [6.45, 7) is 6.04. The molecule has 174 valence electrons. The molecule has 2 atom stereocenters. The van der Waals surface area contributed by atoms with E-state index >= 15 is 0 Å². The summed E-state index contributed by atoms with van der Waals surface area (Å²) in [6.07, 6.45) is 2.59. The summed E-state index contributed by atoms with van der Waals surface area (Å²) < 4.78 is 6.10. The van der Waals surface area contributed by atoms with E-state index in [1.54, 1.807) is 13.1 Å². The van der Waals surface area contributed by atoms with Gasteiger partial charge in [0.2, 0.25) is 5.91 Å². The summed E-state index contributed by atoms with van der Waals surface area (Å²) >= 11 is 0. The monoisotopic (exact) mass is 551 g/mol. The molecule has 8 heteroatoms. The molecule has 2 unspecified atom stereocenters. The normalized spacial score (nSPS) is 18.4. The molecule has 1 amide bonds. The minimum atomic E-state index is -0.0823. The van der Waals surface area contributed by atoms with E-state index < -0.39 is 0 Å². The maximum Gasteiger partial charge on any atom is 0.227 e. The molecular formula is C24H34IN5O2. The zero-order valence-corrected chi connectivity index (χ0v) is 21.4. The number of ether oxygens (including phenoxy) is 1. The second-order valence-electron chi connectivity index (χ2n) is 7.95. The summed E-state index contributed by atoms with van der Waals surface area (Å²) in [7, 11) is 1.74. The Kier molecular flexibility index (Phi) is 10.9. The highest BCUT2D eigenvalue weighted by Crippen LogP contribution is 2.33. The molecule has 2 heterocycles. The number of rotatable bonds is 7. The van der Waals surface area contributed by atoms with Crippen LogP contribution in [0.3, 0.4) is 0 Å². The highest BCUT2D eigenvalue weighted by Gasteiger charge is 2.27. The minimum Gasteiger partial charge on any atom is -0.373 e. The largest absolute Gasteiger partial charge is 0.373 e. The van der Waals surface area contributed by atoms with Crippen molar-refractivity contribution in [2.45, 2.75) is 39.2 Å². The van der Waals surface area contributed by atoms with Crippen molar-refractivity contribution in [3.63, 3.8) is 0 Å². The van der Waals surface area contributed by atoms with Crippen molar-refractivity contribution in [1.29, 1.82) is 0 Å². The number of hydrogen-bond donors (Lipinski definition) is 3. The van der Waals surface area contributed by atoms with Crippen LogP contribution in [0.5, 0.6) is 0 Å². The second kappa shape index (κ2) is 13.4. The Balaban J connectivity index is 0.00000363. The number of nitrogens with zero attached hydrogens (tertiary/aromatic N) is 2. The second-order valence-corrected chi connectivity index (χ2v) is 7.95. The fourth-order valence-electron chi connectivity index (χ4n) is 3.74. The van der Waals surface area contributed by atoms with Crippen LogP contribution in [0.15, 0.2) is 47.5 Å². The van der Waals surface area contributed by atoms with Gasteiger partial charge in [-0.15, -0.1) is 24.0 Å². The zero-order valence-electron chi connectivity index (χ0n) is 19.1. The maximum atomic E-state index is 12.2. The quantitative estimate of drug-likeness (QED) is 0.276. The van der Waals surface area contributed by atoms with E-state index in [2.05, 4.69) is 57.1 Å². The fourth-order valence-corrected chi connectivity index (χ4v) is 3.74. The van der Waals surface area contributed by atoms with Crippen molar-refractivity contribution in [3.8, 4) is 0 Å². The molecule has 0 radical (unpaired) electrons. The van der Waals surface area contributed by atoms with Gasteiger partial charge in [0.15, 0.2) is 5.96 Å². The third-order valence-corrected chi connectivity index (χ3v) is 5.41. The van der Waals surface area contributed by atoms with Gasteiger partial charge in [0.25, 0.3) is 0 Å². The predicted molar refractivity (Wildman–Crippen MR) is 140 cm³/mol. The molecule has 0 aliphatic carbocycles. The van der Waals surface area contributed by atoms with Crippen LogP contribution in [0.2, 0.25) is 0 Å². The molecule has 3 rings (SSSR count). The Bertz CT molecular complexity index is 888. The third-order valence-electron chi connectivity index (χ3n) is 5.41. The van der Waals surface area contributed by atoms with Crippen molar-refractivity contribution in [3.05, 3.63) is 59.3 Å². The molecule has 0 bridgehead atoms. The fraction of sp³-hybridized carbons (Fsp3) is 0.458. The van der Waals surface area contributed by atoms with Gasteiger partial charge in [-0.05, 0) is 44.4 Å². The van der Waals surface area contributed by atoms with Crippen LogP contribution in [-0.4, -0.2) is 43.6 Å². The topological polar surface area (TPSA) is 87.6 Å². The van der Waals surface area contributed by atoms with Crippen LogP contribution < -0.4 is 16.0 Å². The lowest BCUT2D eigenvalue weighted by Crippen LogP contribution is -2.42. The number of aromatic nitrogens is 1. The number of carbonyl (C=O) groups is 1. The summed E-state index contributed by atoms with van der Waals surface area (Å²) in [5, 5.41) is 9.43. The van der Waals surface area contributed by atoms with Gasteiger partial charge in [0.05, 0.1) is 6.10 Å². The number of aliphatic imine (C=N–C) groups is 1. The van der Waals surface area contributed by atoms with Gasteiger partial charge in [-0.1, -0.05) is 35.9 Å². The molecular weight excluding hydrogens is 517 g/mol. The maximum absolute atomic E-state index is 12.2. The van der Waals surface area contributed by atoms with Gasteiger partial charge in [0.1, 0.15) is 5.82 Å². The van der Waals surface area contributed by atoms with Gasteiger partial charge in [-0.3, -0.25) is 9.79 Å².